The number of fused-ring (bicyclic) bond motifs is 1. The van der Waals surface area contributed by atoms with Gasteiger partial charge >= 0.3 is 0 Å². The molecule has 1 aliphatic heterocycles. The molecule has 5 nitrogen and oxygen atoms in total. The molecule has 1 fully saturated rings. The molecule has 124 valence electrons. The van der Waals surface area contributed by atoms with E-state index in [2.05, 4.69) is 46.0 Å². The smallest absolute Gasteiger partial charge is 0.225 e. The van der Waals surface area contributed by atoms with Gasteiger partial charge in [0.15, 0.2) is 5.78 Å². The molecule has 1 aliphatic carbocycles. The van der Waals surface area contributed by atoms with E-state index in [0.717, 1.165) is 49.8 Å². The average molecular weight is 322 g/mol. The van der Waals surface area contributed by atoms with Crippen molar-refractivity contribution in [3.8, 4) is 0 Å². The third-order valence-electron chi connectivity index (χ3n) is 4.91. The fourth-order valence-electron chi connectivity index (χ4n) is 3.58. The quantitative estimate of drug-likeness (QED) is 0.850. The minimum absolute atomic E-state index is 0.184. The van der Waals surface area contributed by atoms with Crippen LogP contribution < -0.4 is 9.80 Å². The van der Waals surface area contributed by atoms with Crippen molar-refractivity contribution in [1.29, 1.82) is 0 Å². The SMILES string of the molecule is C[C@@H]1CC(=O)c2cnc(N3CCN(c4ccccc4)CC3)nc2C1. The van der Waals surface area contributed by atoms with Gasteiger partial charge in [0.1, 0.15) is 0 Å². The van der Waals surface area contributed by atoms with Gasteiger partial charge in [-0.3, -0.25) is 4.79 Å². The molecule has 1 atom stereocenters. The van der Waals surface area contributed by atoms with Crippen molar-refractivity contribution < 1.29 is 4.79 Å². The summed E-state index contributed by atoms with van der Waals surface area (Å²) in [5.41, 5.74) is 2.91. The fraction of sp³-hybridized carbons (Fsp3) is 0.421. The Kier molecular flexibility index (Phi) is 3.92. The second-order valence-electron chi connectivity index (χ2n) is 6.78. The molecule has 1 saturated heterocycles. The second-order valence-corrected chi connectivity index (χ2v) is 6.78. The van der Waals surface area contributed by atoms with Crippen LogP contribution in [0.2, 0.25) is 0 Å². The number of carbonyl (C=O) groups excluding carboxylic acids is 1. The molecule has 5 heteroatoms. The number of para-hydroxylation sites is 1. The molecule has 0 saturated carbocycles. The monoisotopic (exact) mass is 322 g/mol. The fourth-order valence-corrected chi connectivity index (χ4v) is 3.58. The normalized spacial score (nSPS) is 20.9. The van der Waals surface area contributed by atoms with Gasteiger partial charge in [0.05, 0.1) is 11.3 Å². The first-order valence-corrected chi connectivity index (χ1v) is 8.65. The first kappa shape index (κ1) is 15.1. The van der Waals surface area contributed by atoms with Crippen molar-refractivity contribution in [1.82, 2.24) is 9.97 Å². The lowest BCUT2D eigenvalue weighted by Crippen LogP contribution is -2.47. The number of hydrogen-bond donors (Lipinski definition) is 0. The highest BCUT2D eigenvalue weighted by Crippen LogP contribution is 2.25. The number of nitrogens with zero attached hydrogens (tertiary/aromatic N) is 4. The van der Waals surface area contributed by atoms with Gasteiger partial charge in [-0.25, -0.2) is 9.97 Å². The lowest BCUT2D eigenvalue weighted by molar-refractivity contribution is 0.0951. The van der Waals surface area contributed by atoms with Crippen LogP contribution in [0.25, 0.3) is 0 Å². The third-order valence-corrected chi connectivity index (χ3v) is 4.91. The number of rotatable bonds is 2. The van der Waals surface area contributed by atoms with Crippen molar-refractivity contribution in [2.45, 2.75) is 19.8 Å². The molecule has 0 spiro atoms. The minimum atomic E-state index is 0.184. The van der Waals surface area contributed by atoms with Crippen molar-refractivity contribution in [2.75, 3.05) is 36.0 Å². The molecule has 0 amide bonds. The Hall–Kier alpha value is -2.43. The van der Waals surface area contributed by atoms with E-state index in [9.17, 15) is 4.79 Å². The Morgan fingerprint density at radius 3 is 2.46 bits per heavy atom. The number of hydrogen-bond acceptors (Lipinski definition) is 5. The standard InChI is InChI=1S/C19H22N4O/c1-14-11-17-16(18(24)12-14)13-20-19(21-17)23-9-7-22(8-10-23)15-5-3-2-4-6-15/h2-6,13-14H,7-12H2,1H3/t14-/m0/s1. The Morgan fingerprint density at radius 2 is 1.71 bits per heavy atom. The summed E-state index contributed by atoms with van der Waals surface area (Å²) in [5.74, 6) is 1.33. The van der Waals surface area contributed by atoms with Gasteiger partial charge in [-0.1, -0.05) is 25.1 Å². The zero-order valence-corrected chi connectivity index (χ0v) is 14.0. The predicted octanol–water partition coefficient (Wildman–Crippen LogP) is 2.57. The lowest BCUT2D eigenvalue weighted by Gasteiger charge is -2.36. The van der Waals surface area contributed by atoms with Gasteiger partial charge < -0.3 is 9.80 Å². The summed E-state index contributed by atoms with van der Waals surface area (Å²) in [7, 11) is 0. The first-order valence-electron chi connectivity index (χ1n) is 8.65. The molecular weight excluding hydrogens is 300 g/mol. The second kappa shape index (κ2) is 6.23. The van der Waals surface area contributed by atoms with Crippen molar-refractivity contribution in [3.05, 3.63) is 47.8 Å². The maximum absolute atomic E-state index is 12.1. The van der Waals surface area contributed by atoms with Crippen LogP contribution in [0.1, 0.15) is 29.4 Å². The highest BCUT2D eigenvalue weighted by molar-refractivity contribution is 5.98. The number of ketones is 1. The Bertz CT molecular complexity index is 738. The molecule has 2 aromatic rings. The van der Waals surface area contributed by atoms with Crippen LogP contribution in [0.5, 0.6) is 0 Å². The maximum Gasteiger partial charge on any atom is 0.225 e. The number of carbonyl (C=O) groups is 1. The van der Waals surface area contributed by atoms with Crippen molar-refractivity contribution in [2.24, 2.45) is 5.92 Å². The number of Topliss-reactive ketones (excluding diaryl/α,β-unsaturated/α-hetero) is 1. The first-order chi connectivity index (χ1) is 11.7. The number of piperazine rings is 1. The van der Waals surface area contributed by atoms with Crippen LogP contribution in [-0.2, 0) is 6.42 Å². The molecule has 4 rings (SSSR count). The molecule has 1 aromatic heterocycles. The number of aromatic nitrogens is 2. The van der Waals surface area contributed by atoms with E-state index in [1.807, 2.05) is 6.07 Å². The highest BCUT2D eigenvalue weighted by atomic mass is 16.1. The van der Waals surface area contributed by atoms with Crippen LogP contribution in [0.3, 0.4) is 0 Å². The van der Waals surface area contributed by atoms with Gasteiger partial charge in [0, 0.05) is 44.5 Å². The molecule has 1 aromatic carbocycles. The van der Waals surface area contributed by atoms with Gasteiger partial charge in [-0.05, 0) is 24.5 Å². The maximum atomic E-state index is 12.1. The third kappa shape index (κ3) is 2.86. The van der Waals surface area contributed by atoms with Gasteiger partial charge in [-0.2, -0.15) is 0 Å². The Balaban J connectivity index is 1.48. The summed E-state index contributed by atoms with van der Waals surface area (Å²) in [6.07, 6.45) is 3.22. The molecule has 24 heavy (non-hydrogen) atoms. The van der Waals surface area contributed by atoms with E-state index < -0.39 is 0 Å². The van der Waals surface area contributed by atoms with E-state index >= 15 is 0 Å². The summed E-state index contributed by atoms with van der Waals surface area (Å²) in [5, 5.41) is 0. The zero-order chi connectivity index (χ0) is 16.5. The zero-order valence-electron chi connectivity index (χ0n) is 14.0. The Morgan fingerprint density at radius 1 is 1.00 bits per heavy atom. The topological polar surface area (TPSA) is 49.3 Å². The predicted molar refractivity (Wildman–Crippen MR) is 94.7 cm³/mol. The van der Waals surface area contributed by atoms with Crippen LogP contribution in [0, 0.1) is 5.92 Å². The van der Waals surface area contributed by atoms with Crippen molar-refractivity contribution in [3.63, 3.8) is 0 Å². The Labute approximate surface area is 142 Å². The molecular formula is C19H22N4O. The van der Waals surface area contributed by atoms with Gasteiger partial charge in [-0.15, -0.1) is 0 Å². The molecule has 0 radical (unpaired) electrons. The van der Waals surface area contributed by atoms with E-state index in [4.69, 9.17) is 4.98 Å². The van der Waals surface area contributed by atoms with E-state index in [1.54, 1.807) is 6.20 Å². The van der Waals surface area contributed by atoms with E-state index in [1.165, 1.54) is 5.69 Å². The largest absolute Gasteiger partial charge is 0.368 e. The van der Waals surface area contributed by atoms with Crippen LogP contribution in [-0.4, -0.2) is 41.9 Å². The number of anilines is 2. The van der Waals surface area contributed by atoms with Crippen molar-refractivity contribution >= 4 is 17.4 Å². The highest BCUT2D eigenvalue weighted by Gasteiger charge is 2.26. The summed E-state index contributed by atoms with van der Waals surface area (Å²) >= 11 is 0. The van der Waals surface area contributed by atoms with Gasteiger partial charge in [0.25, 0.3) is 0 Å². The van der Waals surface area contributed by atoms with E-state index in [-0.39, 0.29) is 5.78 Å². The number of benzene rings is 1. The van der Waals surface area contributed by atoms with Crippen LogP contribution in [0.15, 0.2) is 36.5 Å². The van der Waals surface area contributed by atoms with E-state index in [0.29, 0.717) is 12.3 Å². The lowest BCUT2D eigenvalue weighted by atomic mass is 9.88. The summed E-state index contributed by atoms with van der Waals surface area (Å²) in [4.78, 5) is 25.9. The molecule has 0 N–H and O–H groups in total. The molecule has 0 bridgehead atoms. The summed E-state index contributed by atoms with van der Waals surface area (Å²) < 4.78 is 0. The van der Waals surface area contributed by atoms with Crippen LogP contribution in [0.4, 0.5) is 11.6 Å². The summed E-state index contributed by atoms with van der Waals surface area (Å²) in [6, 6.07) is 10.5. The average Bonchev–Trinajstić information content (AvgIpc) is 2.62. The van der Waals surface area contributed by atoms with Gasteiger partial charge in [0.2, 0.25) is 5.95 Å². The summed E-state index contributed by atoms with van der Waals surface area (Å²) in [6.45, 7) is 5.83. The minimum Gasteiger partial charge on any atom is -0.368 e. The molecule has 2 aliphatic rings. The molecule has 0 unspecified atom stereocenters. The molecule has 2 heterocycles. The van der Waals surface area contributed by atoms with Crippen LogP contribution >= 0.6 is 0 Å².